The molecule has 4 heterocycles. The molecule has 1 fully saturated rings. The van der Waals surface area contributed by atoms with Crippen LogP contribution in [-0.2, 0) is 28.0 Å². The number of imidazole rings is 1. The van der Waals surface area contributed by atoms with E-state index in [1.165, 1.54) is 7.11 Å². The number of ether oxygens (including phenoxy) is 1. The first-order valence-electron chi connectivity index (χ1n) is 10.2. The SMILES string of the molecule is CCn1ncc(C(=O)N2CCC3(CC2)c2nc[nH]c2CCN3C(=O)COC)c1C. The Labute approximate surface area is 170 Å². The van der Waals surface area contributed by atoms with Crippen molar-refractivity contribution in [2.45, 2.75) is 45.2 Å². The fraction of sp³-hybridized carbons (Fsp3) is 0.600. The number of methoxy groups -OCH3 is 1. The largest absolute Gasteiger partial charge is 0.375 e. The van der Waals surface area contributed by atoms with Crippen LogP contribution in [0.1, 0.15) is 47.2 Å². The Morgan fingerprint density at radius 1 is 1.28 bits per heavy atom. The lowest BCUT2D eigenvalue weighted by Crippen LogP contribution is -2.59. The van der Waals surface area contributed by atoms with Crippen molar-refractivity contribution in [2.24, 2.45) is 0 Å². The molecule has 2 aromatic rings. The number of amides is 2. The van der Waals surface area contributed by atoms with E-state index in [2.05, 4.69) is 15.1 Å². The second-order valence-electron chi connectivity index (χ2n) is 7.74. The van der Waals surface area contributed by atoms with Crippen molar-refractivity contribution in [1.82, 2.24) is 29.5 Å². The lowest BCUT2D eigenvalue weighted by atomic mass is 9.78. The van der Waals surface area contributed by atoms with E-state index in [1.54, 1.807) is 12.5 Å². The molecule has 0 aromatic carbocycles. The number of H-pyrrole nitrogens is 1. The number of aromatic nitrogens is 4. The predicted octanol–water partition coefficient (Wildman–Crippen LogP) is 1.10. The van der Waals surface area contributed by atoms with E-state index < -0.39 is 5.54 Å². The second kappa shape index (κ2) is 7.62. The zero-order valence-electron chi connectivity index (χ0n) is 17.3. The summed E-state index contributed by atoms with van der Waals surface area (Å²) >= 11 is 0. The molecule has 2 aromatic heterocycles. The summed E-state index contributed by atoms with van der Waals surface area (Å²) in [7, 11) is 1.54. The number of carbonyl (C=O) groups excluding carboxylic acids is 2. The molecule has 29 heavy (non-hydrogen) atoms. The van der Waals surface area contributed by atoms with Crippen molar-refractivity contribution in [3.63, 3.8) is 0 Å². The van der Waals surface area contributed by atoms with Crippen molar-refractivity contribution in [3.8, 4) is 0 Å². The molecule has 0 aliphatic carbocycles. The molecule has 156 valence electrons. The lowest BCUT2D eigenvalue weighted by molar-refractivity contribution is -0.145. The van der Waals surface area contributed by atoms with E-state index in [0.717, 1.165) is 30.0 Å². The van der Waals surface area contributed by atoms with Crippen molar-refractivity contribution in [2.75, 3.05) is 33.4 Å². The maximum Gasteiger partial charge on any atom is 0.257 e. The van der Waals surface area contributed by atoms with Gasteiger partial charge in [0, 0.05) is 51.1 Å². The molecule has 0 atom stereocenters. The Kier molecular flexibility index (Phi) is 5.16. The third kappa shape index (κ3) is 3.13. The number of nitrogens with one attached hydrogen (secondary N) is 1. The van der Waals surface area contributed by atoms with Gasteiger partial charge in [0.15, 0.2) is 0 Å². The van der Waals surface area contributed by atoms with Gasteiger partial charge in [0.1, 0.15) is 6.61 Å². The highest BCUT2D eigenvalue weighted by Gasteiger charge is 2.49. The summed E-state index contributed by atoms with van der Waals surface area (Å²) < 4.78 is 6.94. The average Bonchev–Trinajstić information content (AvgIpc) is 3.35. The molecule has 0 unspecified atom stereocenters. The van der Waals surface area contributed by atoms with E-state index >= 15 is 0 Å². The van der Waals surface area contributed by atoms with Gasteiger partial charge in [0.05, 0.1) is 29.3 Å². The summed E-state index contributed by atoms with van der Waals surface area (Å²) in [6.07, 6.45) is 5.44. The Morgan fingerprint density at radius 3 is 2.69 bits per heavy atom. The average molecular weight is 400 g/mol. The van der Waals surface area contributed by atoms with E-state index in [0.29, 0.717) is 38.0 Å². The minimum atomic E-state index is -0.484. The van der Waals surface area contributed by atoms with Crippen LogP contribution in [0.3, 0.4) is 0 Å². The van der Waals surface area contributed by atoms with E-state index in [1.807, 2.05) is 28.3 Å². The van der Waals surface area contributed by atoms with E-state index in [9.17, 15) is 9.59 Å². The highest BCUT2D eigenvalue weighted by atomic mass is 16.5. The normalized spacial score (nSPS) is 18.2. The molecule has 9 heteroatoms. The number of fused-ring (bicyclic) bond motifs is 2. The van der Waals surface area contributed by atoms with Gasteiger partial charge in [-0.3, -0.25) is 14.3 Å². The smallest absolute Gasteiger partial charge is 0.257 e. The summed E-state index contributed by atoms with van der Waals surface area (Å²) in [5, 5.41) is 4.30. The summed E-state index contributed by atoms with van der Waals surface area (Å²) in [5.74, 6) is -0.0223. The van der Waals surface area contributed by atoms with Gasteiger partial charge >= 0.3 is 0 Å². The van der Waals surface area contributed by atoms with Crippen LogP contribution in [-0.4, -0.2) is 74.7 Å². The van der Waals surface area contributed by atoms with Crippen molar-refractivity contribution < 1.29 is 14.3 Å². The minimum Gasteiger partial charge on any atom is -0.375 e. The Hall–Kier alpha value is -2.68. The van der Waals surface area contributed by atoms with Crippen LogP contribution < -0.4 is 0 Å². The number of piperidine rings is 1. The van der Waals surface area contributed by atoms with Crippen LogP contribution in [0.15, 0.2) is 12.5 Å². The molecule has 1 N–H and O–H groups in total. The highest BCUT2D eigenvalue weighted by molar-refractivity contribution is 5.95. The number of aromatic amines is 1. The maximum atomic E-state index is 13.1. The molecule has 2 aliphatic heterocycles. The first kappa shape index (κ1) is 19.6. The van der Waals surface area contributed by atoms with E-state index in [-0.39, 0.29) is 18.4 Å². The standard InChI is InChI=1S/C20H28N6O3/c1-4-26-14(2)15(11-23-26)19(28)24-9-6-20(7-10-24)18-16(21-13-22-18)5-8-25(20)17(27)12-29-3/h11,13H,4-10,12H2,1-3H3,(H,21,22). The van der Waals surface area contributed by atoms with Crippen molar-refractivity contribution in [3.05, 3.63) is 35.2 Å². The molecule has 0 bridgehead atoms. The third-order valence-corrected chi connectivity index (χ3v) is 6.34. The minimum absolute atomic E-state index is 0.00452. The zero-order chi connectivity index (χ0) is 20.6. The fourth-order valence-corrected chi connectivity index (χ4v) is 4.77. The maximum absolute atomic E-state index is 13.1. The van der Waals surface area contributed by atoms with Crippen LogP contribution in [0.2, 0.25) is 0 Å². The zero-order valence-corrected chi connectivity index (χ0v) is 17.3. The van der Waals surface area contributed by atoms with Crippen LogP contribution in [0.4, 0.5) is 0 Å². The summed E-state index contributed by atoms with van der Waals surface area (Å²) in [4.78, 5) is 37.5. The Bertz CT molecular complexity index is 909. The Morgan fingerprint density at radius 2 is 2.03 bits per heavy atom. The first-order valence-corrected chi connectivity index (χ1v) is 10.2. The molecule has 0 saturated carbocycles. The van der Waals surface area contributed by atoms with Crippen molar-refractivity contribution in [1.29, 1.82) is 0 Å². The lowest BCUT2D eigenvalue weighted by Gasteiger charge is -2.50. The molecule has 2 amide bonds. The Balaban J connectivity index is 1.58. The van der Waals surface area contributed by atoms with Gasteiger partial charge in [-0.05, 0) is 26.7 Å². The van der Waals surface area contributed by atoms with Gasteiger partial charge in [-0.25, -0.2) is 4.98 Å². The van der Waals surface area contributed by atoms with Crippen molar-refractivity contribution >= 4 is 11.8 Å². The van der Waals surface area contributed by atoms with Crippen LogP contribution in [0, 0.1) is 6.92 Å². The monoisotopic (exact) mass is 400 g/mol. The third-order valence-electron chi connectivity index (χ3n) is 6.34. The van der Waals surface area contributed by atoms with Crippen LogP contribution in [0.5, 0.6) is 0 Å². The number of rotatable bonds is 4. The van der Waals surface area contributed by atoms with Gasteiger partial charge < -0.3 is 19.5 Å². The highest BCUT2D eigenvalue weighted by Crippen LogP contribution is 2.42. The molecule has 9 nitrogen and oxygen atoms in total. The molecule has 2 aliphatic rings. The second-order valence-corrected chi connectivity index (χ2v) is 7.74. The predicted molar refractivity (Wildman–Crippen MR) is 105 cm³/mol. The molecular weight excluding hydrogens is 372 g/mol. The van der Waals surface area contributed by atoms with Crippen LogP contribution in [0.25, 0.3) is 0 Å². The van der Waals surface area contributed by atoms with Gasteiger partial charge in [0.2, 0.25) is 5.91 Å². The summed E-state index contributed by atoms with van der Waals surface area (Å²) in [6.45, 7) is 6.50. The molecule has 1 spiro atoms. The summed E-state index contributed by atoms with van der Waals surface area (Å²) in [6, 6.07) is 0. The van der Waals surface area contributed by atoms with Gasteiger partial charge in [-0.1, -0.05) is 0 Å². The number of carbonyl (C=O) groups is 2. The number of aryl methyl sites for hydroxylation is 1. The quantitative estimate of drug-likeness (QED) is 0.829. The molecule has 0 radical (unpaired) electrons. The van der Waals surface area contributed by atoms with Gasteiger partial charge in [-0.15, -0.1) is 0 Å². The van der Waals surface area contributed by atoms with E-state index in [4.69, 9.17) is 4.74 Å². The summed E-state index contributed by atoms with van der Waals surface area (Å²) in [5.41, 5.74) is 3.09. The first-order chi connectivity index (χ1) is 14.0. The molecular formula is C20H28N6O3. The number of likely N-dealkylation sites (tertiary alicyclic amines) is 1. The van der Waals surface area contributed by atoms with Gasteiger partial charge in [0.25, 0.3) is 5.91 Å². The molecule has 1 saturated heterocycles. The number of hydrogen-bond acceptors (Lipinski definition) is 5. The van der Waals surface area contributed by atoms with Gasteiger partial charge in [-0.2, -0.15) is 5.10 Å². The number of nitrogens with zero attached hydrogens (tertiary/aromatic N) is 5. The topological polar surface area (TPSA) is 96.4 Å². The number of hydrogen-bond donors (Lipinski definition) is 1. The molecule has 4 rings (SSSR count). The fourth-order valence-electron chi connectivity index (χ4n) is 4.77. The van der Waals surface area contributed by atoms with Crippen LogP contribution >= 0.6 is 0 Å².